The number of nitrogens with zero attached hydrogens (tertiary/aromatic N) is 2. The third-order valence-corrected chi connectivity index (χ3v) is 4.93. The van der Waals surface area contributed by atoms with E-state index in [0.717, 1.165) is 40.1 Å². The Bertz CT molecular complexity index is 952. The lowest BCUT2D eigenvalue weighted by atomic mass is 10.1. The van der Waals surface area contributed by atoms with Crippen molar-refractivity contribution in [2.24, 2.45) is 0 Å². The van der Waals surface area contributed by atoms with E-state index in [9.17, 15) is 5.26 Å². The molecule has 4 nitrogen and oxygen atoms in total. The number of rotatable bonds is 8. The summed E-state index contributed by atoms with van der Waals surface area (Å²) in [6, 6.07) is 15.9. The van der Waals surface area contributed by atoms with Crippen LogP contribution in [0.1, 0.15) is 37.3 Å². The molecule has 0 aliphatic carbocycles. The second kappa shape index (κ2) is 9.20. The Kier molecular flexibility index (Phi) is 6.45. The molecule has 0 amide bonds. The molecule has 1 heterocycles. The van der Waals surface area contributed by atoms with Gasteiger partial charge in [-0.3, -0.25) is 0 Å². The van der Waals surface area contributed by atoms with Crippen molar-refractivity contribution in [3.8, 4) is 17.6 Å². The van der Waals surface area contributed by atoms with Crippen LogP contribution in [0.15, 0.2) is 42.5 Å². The van der Waals surface area contributed by atoms with Crippen molar-refractivity contribution < 1.29 is 9.47 Å². The highest BCUT2D eigenvalue weighted by Crippen LogP contribution is 2.32. The fourth-order valence-electron chi connectivity index (χ4n) is 2.57. The number of benzene rings is 2. The summed E-state index contributed by atoms with van der Waals surface area (Å²) in [7, 11) is 0. The number of para-hydroxylation sites is 1. The van der Waals surface area contributed by atoms with Crippen molar-refractivity contribution in [2.45, 2.75) is 26.7 Å². The molecule has 0 N–H and O–H groups in total. The minimum Gasteiger partial charge on any atom is -0.493 e. The molecular weight excluding hydrogens is 356 g/mol. The van der Waals surface area contributed by atoms with Gasteiger partial charge in [-0.25, -0.2) is 4.98 Å². The van der Waals surface area contributed by atoms with E-state index in [1.54, 1.807) is 0 Å². The molecule has 2 aromatic carbocycles. The van der Waals surface area contributed by atoms with Crippen LogP contribution in [-0.2, 0) is 0 Å². The van der Waals surface area contributed by atoms with Crippen LogP contribution >= 0.6 is 11.3 Å². The standard InChI is InChI=1S/C22H22N2O2S/c1-3-11-25-18-10-9-16(20(14-18)26-12-4-2)13-17(15-23)22-24-19-7-5-6-8-21(19)27-22/h5-10,13-14H,3-4,11-12H2,1-2H3/b17-13-. The summed E-state index contributed by atoms with van der Waals surface area (Å²) in [6.07, 6.45) is 3.70. The molecule has 0 bridgehead atoms. The molecule has 0 aliphatic heterocycles. The molecule has 1 aromatic heterocycles. The van der Waals surface area contributed by atoms with E-state index >= 15 is 0 Å². The maximum atomic E-state index is 9.69. The maximum absolute atomic E-state index is 9.69. The highest BCUT2D eigenvalue weighted by Gasteiger charge is 2.11. The molecule has 3 aromatic rings. The lowest BCUT2D eigenvalue weighted by Gasteiger charge is -2.12. The minimum atomic E-state index is 0.528. The summed E-state index contributed by atoms with van der Waals surface area (Å²) in [5.41, 5.74) is 2.28. The molecule has 0 saturated carbocycles. The maximum Gasteiger partial charge on any atom is 0.135 e. The zero-order valence-electron chi connectivity index (χ0n) is 15.6. The van der Waals surface area contributed by atoms with Gasteiger partial charge in [0.25, 0.3) is 0 Å². The summed E-state index contributed by atoms with van der Waals surface area (Å²) in [6.45, 7) is 5.41. The van der Waals surface area contributed by atoms with Crippen LogP contribution in [0, 0.1) is 11.3 Å². The van der Waals surface area contributed by atoms with E-state index < -0.39 is 0 Å². The van der Waals surface area contributed by atoms with E-state index in [2.05, 4.69) is 24.9 Å². The second-order valence-electron chi connectivity index (χ2n) is 6.05. The van der Waals surface area contributed by atoms with Gasteiger partial charge in [-0.2, -0.15) is 5.26 Å². The smallest absolute Gasteiger partial charge is 0.135 e. The summed E-state index contributed by atoms with van der Waals surface area (Å²) in [5, 5.41) is 10.4. The first-order chi connectivity index (χ1) is 13.2. The summed E-state index contributed by atoms with van der Waals surface area (Å²) >= 11 is 1.52. The normalized spacial score (nSPS) is 11.4. The number of nitriles is 1. The number of thiazole rings is 1. The first-order valence-electron chi connectivity index (χ1n) is 9.12. The molecular formula is C22H22N2O2S. The van der Waals surface area contributed by atoms with Crippen LogP contribution in [0.25, 0.3) is 21.9 Å². The number of ether oxygens (including phenoxy) is 2. The quantitative estimate of drug-likeness (QED) is 0.455. The molecule has 138 valence electrons. The van der Waals surface area contributed by atoms with Crippen LogP contribution in [0.3, 0.4) is 0 Å². The molecule has 3 rings (SSSR count). The molecule has 27 heavy (non-hydrogen) atoms. The largest absolute Gasteiger partial charge is 0.493 e. The predicted molar refractivity (Wildman–Crippen MR) is 111 cm³/mol. The van der Waals surface area contributed by atoms with Crippen LogP contribution in [0.5, 0.6) is 11.5 Å². The van der Waals surface area contributed by atoms with Crippen molar-refractivity contribution >= 4 is 33.2 Å². The van der Waals surface area contributed by atoms with Gasteiger partial charge in [-0.05, 0) is 43.2 Å². The first kappa shape index (κ1) is 18.9. The molecule has 0 fully saturated rings. The Morgan fingerprint density at radius 2 is 1.89 bits per heavy atom. The van der Waals surface area contributed by atoms with Crippen LogP contribution < -0.4 is 9.47 Å². The molecule has 0 radical (unpaired) electrons. The number of aromatic nitrogens is 1. The van der Waals surface area contributed by atoms with Crippen LogP contribution in [-0.4, -0.2) is 18.2 Å². The van der Waals surface area contributed by atoms with E-state index in [0.29, 0.717) is 23.8 Å². The molecule has 0 aliphatic rings. The van der Waals surface area contributed by atoms with Gasteiger partial charge < -0.3 is 9.47 Å². The van der Waals surface area contributed by atoms with Gasteiger partial charge in [0, 0.05) is 11.6 Å². The van der Waals surface area contributed by atoms with Gasteiger partial charge in [0.2, 0.25) is 0 Å². The van der Waals surface area contributed by atoms with Gasteiger partial charge in [-0.15, -0.1) is 11.3 Å². The number of fused-ring (bicyclic) bond motifs is 1. The Hall–Kier alpha value is -2.84. The van der Waals surface area contributed by atoms with Gasteiger partial charge in [0.1, 0.15) is 22.6 Å². The van der Waals surface area contributed by atoms with E-state index in [1.165, 1.54) is 11.3 Å². The van der Waals surface area contributed by atoms with E-state index in [-0.39, 0.29) is 0 Å². The Morgan fingerprint density at radius 3 is 2.63 bits per heavy atom. The highest BCUT2D eigenvalue weighted by atomic mass is 32.1. The topological polar surface area (TPSA) is 55.1 Å². The molecule has 0 saturated heterocycles. The van der Waals surface area contributed by atoms with Gasteiger partial charge in [-0.1, -0.05) is 26.0 Å². The van der Waals surface area contributed by atoms with Crippen molar-refractivity contribution in [3.63, 3.8) is 0 Å². The van der Waals surface area contributed by atoms with Gasteiger partial charge in [0.15, 0.2) is 0 Å². The van der Waals surface area contributed by atoms with Gasteiger partial charge in [0.05, 0.1) is 29.0 Å². The first-order valence-corrected chi connectivity index (χ1v) is 9.94. The van der Waals surface area contributed by atoms with E-state index in [1.807, 2.05) is 48.5 Å². The fourth-order valence-corrected chi connectivity index (χ4v) is 3.50. The molecule has 0 spiro atoms. The van der Waals surface area contributed by atoms with Crippen molar-refractivity contribution in [3.05, 3.63) is 53.0 Å². The summed E-state index contributed by atoms with van der Waals surface area (Å²) in [4.78, 5) is 4.59. The van der Waals surface area contributed by atoms with Gasteiger partial charge >= 0.3 is 0 Å². The van der Waals surface area contributed by atoms with Crippen molar-refractivity contribution in [1.29, 1.82) is 5.26 Å². The average molecular weight is 378 g/mol. The highest BCUT2D eigenvalue weighted by molar-refractivity contribution is 7.19. The van der Waals surface area contributed by atoms with Crippen LogP contribution in [0.2, 0.25) is 0 Å². The zero-order valence-corrected chi connectivity index (χ0v) is 16.4. The van der Waals surface area contributed by atoms with Crippen LogP contribution in [0.4, 0.5) is 0 Å². The van der Waals surface area contributed by atoms with Crippen molar-refractivity contribution in [2.75, 3.05) is 13.2 Å². The molecule has 5 heteroatoms. The second-order valence-corrected chi connectivity index (χ2v) is 7.08. The average Bonchev–Trinajstić information content (AvgIpc) is 3.13. The third kappa shape index (κ3) is 4.66. The fraction of sp³-hybridized carbons (Fsp3) is 0.273. The summed E-state index contributed by atoms with van der Waals surface area (Å²) < 4.78 is 12.7. The lowest BCUT2D eigenvalue weighted by Crippen LogP contribution is -2.00. The number of allylic oxidation sites excluding steroid dienone is 1. The number of hydrogen-bond acceptors (Lipinski definition) is 5. The predicted octanol–water partition coefficient (Wildman–Crippen LogP) is 5.94. The summed E-state index contributed by atoms with van der Waals surface area (Å²) in [5.74, 6) is 1.50. The SMILES string of the molecule is CCCOc1ccc(/C=C(/C#N)c2nc3ccccc3s2)c(OCCC)c1. The lowest BCUT2D eigenvalue weighted by molar-refractivity contribution is 0.301. The Balaban J connectivity index is 1.97. The third-order valence-electron chi connectivity index (χ3n) is 3.86. The minimum absolute atomic E-state index is 0.528. The monoisotopic (exact) mass is 378 g/mol. The van der Waals surface area contributed by atoms with Crippen molar-refractivity contribution in [1.82, 2.24) is 4.98 Å². The number of hydrogen-bond donors (Lipinski definition) is 0. The molecule has 0 unspecified atom stereocenters. The Morgan fingerprint density at radius 1 is 1.11 bits per heavy atom. The zero-order chi connectivity index (χ0) is 19.1. The molecule has 0 atom stereocenters. The Labute approximate surface area is 163 Å². The van der Waals surface area contributed by atoms with E-state index in [4.69, 9.17) is 9.47 Å².